The summed E-state index contributed by atoms with van der Waals surface area (Å²) >= 11 is 13.1. The van der Waals surface area contributed by atoms with Crippen molar-refractivity contribution >= 4 is 55.0 Å². The van der Waals surface area contributed by atoms with Crippen molar-refractivity contribution in [3.8, 4) is 16.9 Å². The van der Waals surface area contributed by atoms with Crippen LogP contribution in [-0.2, 0) is 11.2 Å². The highest BCUT2D eigenvalue weighted by Gasteiger charge is 2.31. The number of fused-ring (bicyclic) bond motifs is 1. The second kappa shape index (κ2) is 11.0. The lowest BCUT2D eigenvalue weighted by molar-refractivity contribution is -0.118. The Balaban J connectivity index is 1.59. The topological polar surface area (TPSA) is 44.8 Å². The van der Waals surface area contributed by atoms with Gasteiger partial charge >= 0.3 is 0 Å². The molecule has 0 spiro atoms. The monoisotopic (exact) mass is 545 g/mol. The second-order valence-corrected chi connectivity index (χ2v) is 10.4. The third kappa shape index (κ3) is 5.25. The minimum atomic E-state index is -0.305. The standard InChI is InChI=1S/C27H27Cl2FN3O2P/c28-22-2-1-3-23(29)27(22)33-24-16-18(35-13-12-32-10-8-31-9-11-32)15-21(19(24)6-7-26(33)34)20-5-4-17(30)14-25(20)36/h1-5,14-16,31H,6-13,36H2. The number of benzene rings is 3. The number of amides is 1. The number of carbonyl (C=O) groups is 1. The lowest BCUT2D eigenvalue weighted by Gasteiger charge is -2.33. The number of anilines is 2. The van der Waals surface area contributed by atoms with Crippen LogP contribution in [0.1, 0.15) is 12.0 Å². The molecule has 1 saturated heterocycles. The summed E-state index contributed by atoms with van der Waals surface area (Å²) in [5.41, 5.74) is 3.88. The van der Waals surface area contributed by atoms with E-state index < -0.39 is 0 Å². The number of hydrogen-bond acceptors (Lipinski definition) is 4. The van der Waals surface area contributed by atoms with Gasteiger partial charge in [0.25, 0.3) is 0 Å². The molecule has 36 heavy (non-hydrogen) atoms. The molecule has 188 valence electrons. The Labute approximate surface area is 222 Å². The van der Waals surface area contributed by atoms with E-state index in [-0.39, 0.29) is 11.7 Å². The van der Waals surface area contributed by atoms with E-state index in [1.165, 1.54) is 12.1 Å². The zero-order chi connectivity index (χ0) is 25.2. The fourth-order valence-electron chi connectivity index (χ4n) is 4.85. The van der Waals surface area contributed by atoms with Crippen LogP contribution >= 0.6 is 32.4 Å². The number of rotatable bonds is 6. The van der Waals surface area contributed by atoms with Crippen LogP contribution in [0.25, 0.3) is 11.1 Å². The van der Waals surface area contributed by atoms with Crippen LogP contribution in [0.3, 0.4) is 0 Å². The van der Waals surface area contributed by atoms with Gasteiger partial charge in [-0.05, 0) is 58.7 Å². The van der Waals surface area contributed by atoms with Crippen molar-refractivity contribution in [3.05, 3.63) is 70.0 Å². The molecule has 5 nitrogen and oxygen atoms in total. The van der Waals surface area contributed by atoms with Crippen LogP contribution in [0, 0.1) is 5.82 Å². The fourth-order valence-corrected chi connectivity index (χ4v) is 5.83. The normalized spacial score (nSPS) is 16.2. The van der Waals surface area contributed by atoms with Gasteiger partial charge in [-0.15, -0.1) is 9.24 Å². The molecule has 0 radical (unpaired) electrons. The van der Waals surface area contributed by atoms with Crippen LogP contribution in [0.15, 0.2) is 48.5 Å². The smallest absolute Gasteiger partial charge is 0.231 e. The Morgan fingerprint density at radius 1 is 1.00 bits per heavy atom. The van der Waals surface area contributed by atoms with Gasteiger partial charge < -0.3 is 10.1 Å². The van der Waals surface area contributed by atoms with Crippen molar-refractivity contribution in [1.29, 1.82) is 0 Å². The number of hydrogen-bond donors (Lipinski definition) is 1. The molecule has 5 rings (SSSR count). The first-order chi connectivity index (χ1) is 17.4. The maximum atomic E-state index is 13.9. The van der Waals surface area contributed by atoms with Gasteiger partial charge in [0.05, 0.1) is 21.4 Å². The SMILES string of the molecule is O=C1CCc2c(-c3ccc(F)cc3P)cc(OCCN3CCNCC3)cc2N1c1c(Cl)cccc1Cl. The van der Waals surface area contributed by atoms with Gasteiger partial charge in [0.2, 0.25) is 5.91 Å². The zero-order valence-electron chi connectivity index (χ0n) is 19.7. The summed E-state index contributed by atoms with van der Waals surface area (Å²) in [5, 5.41) is 4.87. The Kier molecular flexibility index (Phi) is 7.80. The van der Waals surface area contributed by atoms with Crippen molar-refractivity contribution in [1.82, 2.24) is 10.2 Å². The molecule has 0 saturated carbocycles. The summed E-state index contributed by atoms with van der Waals surface area (Å²) in [4.78, 5) is 17.2. The summed E-state index contributed by atoms with van der Waals surface area (Å²) in [6.07, 6.45) is 0.850. The molecule has 2 aliphatic rings. The van der Waals surface area contributed by atoms with Gasteiger partial charge in [-0.3, -0.25) is 14.6 Å². The number of para-hydroxylation sites is 1. The molecule has 1 N–H and O–H groups in total. The zero-order valence-corrected chi connectivity index (χ0v) is 22.4. The molecular weight excluding hydrogens is 519 g/mol. The minimum Gasteiger partial charge on any atom is -0.492 e. The first-order valence-corrected chi connectivity index (χ1v) is 13.3. The predicted molar refractivity (Wildman–Crippen MR) is 148 cm³/mol. The number of piperazine rings is 1. The van der Waals surface area contributed by atoms with Crippen molar-refractivity contribution < 1.29 is 13.9 Å². The summed E-state index contributed by atoms with van der Waals surface area (Å²) < 4.78 is 20.2. The average Bonchev–Trinajstić information content (AvgIpc) is 2.85. The van der Waals surface area contributed by atoms with Crippen molar-refractivity contribution in [2.75, 3.05) is 44.2 Å². The maximum absolute atomic E-state index is 13.9. The number of carbonyl (C=O) groups excluding carboxylic acids is 1. The Morgan fingerprint density at radius 3 is 2.47 bits per heavy atom. The van der Waals surface area contributed by atoms with E-state index in [2.05, 4.69) is 19.5 Å². The van der Waals surface area contributed by atoms with Gasteiger partial charge in [-0.2, -0.15) is 0 Å². The maximum Gasteiger partial charge on any atom is 0.231 e. The molecule has 2 aliphatic heterocycles. The first kappa shape index (κ1) is 25.4. The molecule has 2 heterocycles. The molecule has 3 aromatic carbocycles. The van der Waals surface area contributed by atoms with E-state index in [1.54, 1.807) is 29.2 Å². The van der Waals surface area contributed by atoms with Crippen LogP contribution in [0.4, 0.5) is 15.8 Å². The lowest BCUT2D eigenvalue weighted by atomic mass is 9.91. The Bertz CT molecular complexity index is 1280. The summed E-state index contributed by atoms with van der Waals surface area (Å²) in [7, 11) is 2.61. The molecule has 1 amide bonds. The predicted octanol–water partition coefficient (Wildman–Crippen LogP) is 5.19. The van der Waals surface area contributed by atoms with Crippen LogP contribution in [-0.4, -0.2) is 50.1 Å². The van der Waals surface area contributed by atoms with Gasteiger partial charge in [0.1, 0.15) is 18.2 Å². The van der Waals surface area contributed by atoms with Gasteiger partial charge in [-0.1, -0.05) is 35.3 Å². The van der Waals surface area contributed by atoms with Crippen molar-refractivity contribution in [2.45, 2.75) is 12.8 Å². The second-order valence-electron chi connectivity index (χ2n) is 8.94. The third-order valence-electron chi connectivity index (χ3n) is 6.63. The Hall–Kier alpha value is -2.21. The van der Waals surface area contributed by atoms with E-state index in [0.29, 0.717) is 46.6 Å². The molecule has 1 fully saturated rings. The molecule has 0 aromatic heterocycles. The van der Waals surface area contributed by atoms with Crippen LogP contribution < -0.4 is 20.3 Å². The van der Waals surface area contributed by atoms with E-state index in [1.807, 2.05) is 12.1 Å². The number of nitrogens with one attached hydrogen (secondary N) is 1. The van der Waals surface area contributed by atoms with Gasteiger partial charge in [-0.25, -0.2) is 4.39 Å². The first-order valence-electron chi connectivity index (χ1n) is 12.0. The summed E-state index contributed by atoms with van der Waals surface area (Å²) in [6, 6.07) is 13.8. The van der Waals surface area contributed by atoms with Gasteiger partial charge in [0.15, 0.2) is 0 Å². The van der Waals surface area contributed by atoms with Crippen LogP contribution in [0.5, 0.6) is 5.75 Å². The van der Waals surface area contributed by atoms with Crippen LogP contribution in [0.2, 0.25) is 10.0 Å². The lowest BCUT2D eigenvalue weighted by Crippen LogP contribution is -2.44. The number of ether oxygens (including phenoxy) is 1. The van der Waals surface area contributed by atoms with E-state index in [9.17, 15) is 9.18 Å². The summed E-state index contributed by atoms with van der Waals surface area (Å²) in [5.74, 6) is 0.239. The summed E-state index contributed by atoms with van der Waals surface area (Å²) in [6.45, 7) is 5.23. The minimum absolute atomic E-state index is 0.0911. The highest BCUT2D eigenvalue weighted by Crippen LogP contribution is 2.46. The highest BCUT2D eigenvalue weighted by molar-refractivity contribution is 7.28. The highest BCUT2D eigenvalue weighted by atomic mass is 35.5. The average molecular weight is 546 g/mol. The van der Waals surface area contributed by atoms with E-state index in [0.717, 1.165) is 54.7 Å². The molecular formula is C27H27Cl2FN3O2P. The molecule has 0 aliphatic carbocycles. The van der Waals surface area contributed by atoms with E-state index >= 15 is 0 Å². The number of halogens is 3. The molecule has 0 bridgehead atoms. The largest absolute Gasteiger partial charge is 0.492 e. The molecule has 1 unspecified atom stereocenters. The van der Waals surface area contributed by atoms with Gasteiger partial charge in [0, 0.05) is 45.2 Å². The molecule has 1 atom stereocenters. The quantitative estimate of drug-likeness (QED) is 0.433. The molecule has 9 heteroatoms. The fraction of sp³-hybridized carbons (Fsp3) is 0.296. The van der Waals surface area contributed by atoms with Crippen molar-refractivity contribution in [3.63, 3.8) is 0 Å². The van der Waals surface area contributed by atoms with Crippen molar-refractivity contribution in [2.24, 2.45) is 0 Å². The molecule has 3 aromatic rings. The Morgan fingerprint density at radius 2 is 1.75 bits per heavy atom. The third-order valence-corrected chi connectivity index (χ3v) is 7.72. The van der Waals surface area contributed by atoms with E-state index in [4.69, 9.17) is 27.9 Å². The number of nitrogens with zero attached hydrogens (tertiary/aromatic N) is 2.